The van der Waals surface area contributed by atoms with Crippen LogP contribution in [0, 0.1) is 0 Å². The Morgan fingerprint density at radius 3 is 2.44 bits per heavy atom. The van der Waals surface area contributed by atoms with Crippen LogP contribution in [0.1, 0.15) is 32.1 Å². The molecule has 1 heterocycles. The molecule has 1 aliphatic rings. The van der Waals surface area contributed by atoms with E-state index >= 15 is 0 Å². The third kappa shape index (κ3) is 13.9. The first-order valence-electron chi connectivity index (χ1n) is 12.0. The minimum Gasteiger partial charge on any atom is -0.394 e. The molecule has 34 heavy (non-hydrogen) atoms. The third-order valence-electron chi connectivity index (χ3n) is 5.55. The predicted octanol–water partition coefficient (Wildman–Crippen LogP) is -1.32. The summed E-state index contributed by atoms with van der Waals surface area (Å²) in [7, 11) is 1.82. The van der Waals surface area contributed by atoms with Gasteiger partial charge in [-0.1, -0.05) is 6.42 Å². The number of amides is 1. The zero-order valence-corrected chi connectivity index (χ0v) is 21.1. The highest BCUT2D eigenvalue weighted by atomic mass is 32.2. The molecule has 0 aliphatic carbocycles. The van der Waals surface area contributed by atoms with E-state index < -0.39 is 12.3 Å². The number of rotatable bonds is 21. The molecule has 1 amide bonds. The summed E-state index contributed by atoms with van der Waals surface area (Å²) in [5.74, 6) is 1.08. The number of unbranched alkanes of at least 4 members (excludes halogenated alkanes) is 1. The number of ether oxygens (including phenoxy) is 3. The molecule has 7 N–H and O–H groups in total. The highest BCUT2D eigenvalue weighted by Crippen LogP contribution is 2.29. The van der Waals surface area contributed by atoms with Crippen LogP contribution in [-0.2, 0) is 23.8 Å². The molecule has 0 spiro atoms. The number of hydrogen-bond donors (Lipinski definition) is 5. The summed E-state index contributed by atoms with van der Waals surface area (Å²) in [6.07, 6.45) is 3.68. The lowest BCUT2D eigenvalue weighted by Gasteiger charge is -2.18. The molecule has 5 atom stereocenters. The molecule has 5 unspecified atom stereocenters. The zero-order valence-electron chi connectivity index (χ0n) is 20.3. The normalized spacial score (nSPS) is 22.0. The predicted molar refractivity (Wildman–Crippen MR) is 131 cm³/mol. The summed E-state index contributed by atoms with van der Waals surface area (Å²) in [4.78, 5) is 24.5. The molecule has 1 fully saturated rings. The van der Waals surface area contributed by atoms with Crippen LogP contribution >= 0.6 is 11.8 Å². The Labute approximate surface area is 207 Å². The van der Waals surface area contributed by atoms with Gasteiger partial charge in [-0.3, -0.25) is 10.1 Å². The largest absolute Gasteiger partial charge is 0.394 e. The Hall–Kier alpha value is -0.830. The van der Waals surface area contributed by atoms with Gasteiger partial charge in [-0.25, -0.2) is 0 Å². The standard InChI is InChI=1S/C22H44N4O7S/c1-26(21(30)6-3-2-5-19-22(24)18(23)16-34-19)7-4-8-31-9-10-32-11-12-33-15-20(29)25-17(13-27)14-28/h13,17-20,22,25,28-29H,2-12,14-16,23-24H2,1H3. The number of thioether (sulfide) groups is 1. The van der Waals surface area contributed by atoms with Crippen LogP contribution in [0.15, 0.2) is 0 Å². The van der Waals surface area contributed by atoms with Gasteiger partial charge in [0.05, 0.1) is 45.7 Å². The summed E-state index contributed by atoms with van der Waals surface area (Å²) in [6.45, 7) is 2.31. The number of nitrogens with two attached hydrogens (primary N) is 2. The third-order valence-corrected chi connectivity index (χ3v) is 7.11. The Kier molecular flexibility index (Phi) is 17.8. The van der Waals surface area contributed by atoms with Gasteiger partial charge in [-0.2, -0.15) is 11.8 Å². The molecular weight excluding hydrogens is 464 g/mol. The van der Waals surface area contributed by atoms with Crippen LogP contribution in [0.2, 0.25) is 0 Å². The number of aliphatic hydroxyl groups is 2. The minimum absolute atomic E-state index is 0.0150. The van der Waals surface area contributed by atoms with Gasteiger partial charge in [0.1, 0.15) is 12.5 Å². The fourth-order valence-corrected chi connectivity index (χ4v) is 4.86. The van der Waals surface area contributed by atoms with E-state index in [9.17, 15) is 14.7 Å². The number of aldehydes is 1. The first-order chi connectivity index (χ1) is 16.4. The Balaban J connectivity index is 1.88. The van der Waals surface area contributed by atoms with E-state index in [0.717, 1.165) is 31.4 Å². The second-order valence-corrected chi connectivity index (χ2v) is 9.71. The summed E-state index contributed by atoms with van der Waals surface area (Å²) in [6, 6.07) is -0.647. The quantitative estimate of drug-likeness (QED) is 0.0708. The summed E-state index contributed by atoms with van der Waals surface area (Å²) in [5.41, 5.74) is 12.0. The van der Waals surface area contributed by atoms with Crippen LogP contribution in [0.25, 0.3) is 0 Å². The Morgan fingerprint density at radius 1 is 1.15 bits per heavy atom. The number of nitrogens with zero attached hydrogens (tertiary/aromatic N) is 1. The van der Waals surface area contributed by atoms with E-state index in [4.69, 9.17) is 30.8 Å². The lowest BCUT2D eigenvalue weighted by atomic mass is 10.0. The van der Waals surface area contributed by atoms with Crippen LogP contribution in [0.4, 0.5) is 0 Å². The molecule has 0 aromatic carbocycles. The highest BCUT2D eigenvalue weighted by Gasteiger charge is 2.30. The van der Waals surface area contributed by atoms with E-state index in [0.29, 0.717) is 50.9 Å². The smallest absolute Gasteiger partial charge is 0.222 e. The number of aliphatic hydroxyl groups excluding tert-OH is 2. The van der Waals surface area contributed by atoms with Crippen molar-refractivity contribution in [2.24, 2.45) is 11.5 Å². The fraction of sp³-hybridized carbons (Fsp3) is 0.909. The average molecular weight is 509 g/mol. The van der Waals surface area contributed by atoms with Gasteiger partial charge in [-0.15, -0.1) is 0 Å². The van der Waals surface area contributed by atoms with Crippen molar-refractivity contribution in [1.82, 2.24) is 10.2 Å². The first-order valence-corrected chi connectivity index (χ1v) is 13.0. The topological polar surface area (TPSA) is 170 Å². The van der Waals surface area contributed by atoms with Crippen molar-refractivity contribution in [3.63, 3.8) is 0 Å². The van der Waals surface area contributed by atoms with Crippen LogP contribution in [-0.4, -0.2) is 123 Å². The van der Waals surface area contributed by atoms with E-state index in [1.807, 2.05) is 18.8 Å². The second-order valence-electron chi connectivity index (χ2n) is 8.43. The molecule has 11 nitrogen and oxygen atoms in total. The van der Waals surface area contributed by atoms with Gasteiger partial charge in [0, 0.05) is 49.7 Å². The Bertz CT molecular complexity index is 549. The van der Waals surface area contributed by atoms with Crippen LogP contribution in [0.3, 0.4) is 0 Å². The number of carbonyl (C=O) groups is 2. The molecule has 0 aromatic heterocycles. The average Bonchev–Trinajstić information content (AvgIpc) is 3.15. The molecular formula is C22H44N4O7S. The van der Waals surface area contributed by atoms with Gasteiger partial charge < -0.3 is 45.6 Å². The first kappa shape index (κ1) is 31.2. The maximum atomic E-state index is 12.2. The fourth-order valence-electron chi connectivity index (χ4n) is 3.41. The van der Waals surface area contributed by atoms with E-state index in [1.165, 1.54) is 0 Å². The summed E-state index contributed by atoms with van der Waals surface area (Å²) >= 11 is 1.85. The van der Waals surface area contributed by atoms with Gasteiger partial charge in [0.2, 0.25) is 5.91 Å². The Morgan fingerprint density at radius 2 is 1.82 bits per heavy atom. The number of carbonyl (C=O) groups excluding carboxylic acids is 2. The SMILES string of the molecule is CN(CCCOCCOCCOCC(O)NC(C=O)CO)C(=O)CCCCC1SCC(N)C1N. The summed E-state index contributed by atoms with van der Waals surface area (Å²) in [5, 5.41) is 21.4. The van der Waals surface area contributed by atoms with Crippen molar-refractivity contribution in [3.05, 3.63) is 0 Å². The van der Waals surface area contributed by atoms with E-state index in [-0.39, 0.29) is 37.8 Å². The molecule has 1 rings (SSSR count). The van der Waals surface area contributed by atoms with Gasteiger partial charge in [0.25, 0.3) is 0 Å². The van der Waals surface area contributed by atoms with Crippen molar-refractivity contribution in [2.75, 3.05) is 65.6 Å². The zero-order chi connectivity index (χ0) is 25.2. The van der Waals surface area contributed by atoms with E-state index in [1.54, 1.807) is 4.90 Å². The molecule has 0 saturated carbocycles. The monoisotopic (exact) mass is 508 g/mol. The maximum Gasteiger partial charge on any atom is 0.222 e. The molecule has 0 bridgehead atoms. The van der Waals surface area contributed by atoms with Crippen LogP contribution in [0.5, 0.6) is 0 Å². The van der Waals surface area contributed by atoms with Crippen molar-refractivity contribution in [1.29, 1.82) is 0 Å². The van der Waals surface area contributed by atoms with Crippen molar-refractivity contribution in [3.8, 4) is 0 Å². The van der Waals surface area contributed by atoms with Crippen molar-refractivity contribution >= 4 is 24.0 Å². The van der Waals surface area contributed by atoms with Gasteiger partial charge in [-0.05, 0) is 19.3 Å². The lowest BCUT2D eigenvalue weighted by Crippen LogP contribution is -2.44. The van der Waals surface area contributed by atoms with Crippen molar-refractivity contribution < 1.29 is 34.0 Å². The minimum atomic E-state index is -1.04. The molecule has 1 aliphatic heterocycles. The number of hydrogen-bond acceptors (Lipinski definition) is 11. The number of nitrogens with one attached hydrogen (secondary N) is 1. The highest BCUT2D eigenvalue weighted by molar-refractivity contribution is 8.00. The molecule has 0 radical (unpaired) electrons. The molecule has 200 valence electrons. The lowest BCUT2D eigenvalue weighted by molar-refractivity contribution is -0.130. The molecule has 12 heteroatoms. The van der Waals surface area contributed by atoms with E-state index in [2.05, 4.69) is 5.32 Å². The molecule has 0 aromatic rings. The molecule has 1 saturated heterocycles. The van der Waals surface area contributed by atoms with Gasteiger partial charge >= 0.3 is 0 Å². The van der Waals surface area contributed by atoms with Crippen molar-refractivity contribution in [2.45, 2.75) is 61.7 Å². The second kappa shape index (κ2) is 19.4. The maximum absolute atomic E-state index is 12.2. The van der Waals surface area contributed by atoms with Gasteiger partial charge in [0.15, 0.2) is 0 Å². The summed E-state index contributed by atoms with van der Waals surface area (Å²) < 4.78 is 16.1. The van der Waals surface area contributed by atoms with Crippen LogP contribution < -0.4 is 16.8 Å².